The standard InChI is InChI=1S/C16H16N6OS/c23-15-2-1-14(19-20-15)21-6-10-8-22(9-11(10)7-21)16-18-12-5-17-4-3-13(12)24-16/h1-5,10-11H,6-9H2,(H,20,23). The summed E-state index contributed by atoms with van der Waals surface area (Å²) >= 11 is 1.74. The number of hydrogen-bond donors (Lipinski definition) is 1. The van der Waals surface area contributed by atoms with E-state index in [9.17, 15) is 4.79 Å². The van der Waals surface area contributed by atoms with Crippen molar-refractivity contribution in [3.8, 4) is 0 Å². The first-order valence-corrected chi connectivity index (χ1v) is 8.84. The minimum atomic E-state index is -0.158. The zero-order valence-electron chi connectivity index (χ0n) is 12.9. The Morgan fingerprint density at radius 1 is 1.08 bits per heavy atom. The minimum Gasteiger partial charge on any atom is -0.354 e. The van der Waals surface area contributed by atoms with Crippen molar-refractivity contribution in [3.63, 3.8) is 0 Å². The molecule has 122 valence electrons. The summed E-state index contributed by atoms with van der Waals surface area (Å²) in [7, 11) is 0. The van der Waals surface area contributed by atoms with E-state index >= 15 is 0 Å². The number of hydrogen-bond acceptors (Lipinski definition) is 7. The summed E-state index contributed by atoms with van der Waals surface area (Å²) < 4.78 is 1.19. The van der Waals surface area contributed by atoms with Crippen LogP contribution in [0.1, 0.15) is 0 Å². The van der Waals surface area contributed by atoms with Crippen LogP contribution in [-0.2, 0) is 0 Å². The average molecular weight is 340 g/mol. The summed E-state index contributed by atoms with van der Waals surface area (Å²) in [5.41, 5.74) is 0.822. The highest BCUT2D eigenvalue weighted by molar-refractivity contribution is 7.22. The smallest absolute Gasteiger partial charge is 0.264 e. The van der Waals surface area contributed by atoms with Crippen molar-refractivity contribution in [2.75, 3.05) is 36.0 Å². The van der Waals surface area contributed by atoms with Crippen LogP contribution in [0.3, 0.4) is 0 Å². The molecule has 2 aliphatic heterocycles. The third-order valence-corrected chi connectivity index (χ3v) is 6.02. The Balaban J connectivity index is 1.32. The Morgan fingerprint density at radius 3 is 2.58 bits per heavy atom. The van der Waals surface area contributed by atoms with Gasteiger partial charge in [-0.25, -0.2) is 10.1 Å². The van der Waals surface area contributed by atoms with Gasteiger partial charge in [-0.1, -0.05) is 11.3 Å². The van der Waals surface area contributed by atoms with Gasteiger partial charge in [-0.2, -0.15) is 5.10 Å². The molecule has 0 saturated carbocycles. The number of nitrogens with one attached hydrogen (secondary N) is 1. The Hall–Kier alpha value is -2.48. The molecule has 2 fully saturated rings. The van der Waals surface area contributed by atoms with Crippen LogP contribution in [0.15, 0.2) is 35.4 Å². The van der Waals surface area contributed by atoms with Crippen molar-refractivity contribution >= 4 is 32.5 Å². The molecule has 3 aromatic heterocycles. The van der Waals surface area contributed by atoms with Crippen molar-refractivity contribution in [2.24, 2.45) is 11.8 Å². The molecule has 2 saturated heterocycles. The molecule has 7 nitrogen and oxygen atoms in total. The summed E-state index contributed by atoms with van der Waals surface area (Å²) in [6.45, 7) is 4.01. The molecule has 0 radical (unpaired) electrons. The van der Waals surface area contributed by atoms with Gasteiger partial charge >= 0.3 is 0 Å². The molecule has 0 bridgehead atoms. The van der Waals surface area contributed by atoms with Crippen LogP contribution in [-0.4, -0.2) is 46.3 Å². The predicted molar refractivity (Wildman–Crippen MR) is 93.7 cm³/mol. The number of H-pyrrole nitrogens is 1. The first-order chi connectivity index (χ1) is 11.8. The maximum atomic E-state index is 11.2. The summed E-state index contributed by atoms with van der Waals surface area (Å²) in [5.74, 6) is 2.09. The van der Waals surface area contributed by atoms with Crippen LogP contribution < -0.4 is 15.4 Å². The second-order valence-corrected chi connectivity index (χ2v) is 7.46. The van der Waals surface area contributed by atoms with E-state index in [-0.39, 0.29) is 5.56 Å². The fraction of sp³-hybridized carbons (Fsp3) is 0.375. The Labute approximate surface area is 142 Å². The van der Waals surface area contributed by atoms with Gasteiger partial charge in [0.15, 0.2) is 5.13 Å². The molecular weight excluding hydrogens is 324 g/mol. The summed E-state index contributed by atoms with van der Waals surface area (Å²) in [4.78, 5) is 24.7. The van der Waals surface area contributed by atoms with Gasteiger partial charge in [-0.05, 0) is 12.1 Å². The van der Waals surface area contributed by atoms with Crippen LogP contribution >= 0.6 is 11.3 Å². The van der Waals surface area contributed by atoms with Crippen molar-refractivity contribution in [2.45, 2.75) is 0 Å². The van der Waals surface area contributed by atoms with E-state index in [0.717, 1.165) is 42.6 Å². The molecular formula is C16H16N6OS. The van der Waals surface area contributed by atoms with E-state index in [4.69, 9.17) is 4.98 Å². The van der Waals surface area contributed by atoms with Gasteiger partial charge in [-0.15, -0.1) is 0 Å². The van der Waals surface area contributed by atoms with Crippen molar-refractivity contribution < 1.29 is 0 Å². The third-order valence-electron chi connectivity index (χ3n) is 4.92. The lowest BCUT2D eigenvalue weighted by Gasteiger charge is -2.21. The van der Waals surface area contributed by atoms with Crippen molar-refractivity contribution in [1.82, 2.24) is 20.2 Å². The first-order valence-electron chi connectivity index (χ1n) is 8.02. The molecule has 2 aliphatic rings. The fourth-order valence-electron chi connectivity index (χ4n) is 3.75. The third kappa shape index (κ3) is 2.25. The van der Waals surface area contributed by atoms with E-state index in [1.807, 2.05) is 18.5 Å². The molecule has 0 aromatic carbocycles. The molecule has 0 amide bonds. The first kappa shape index (κ1) is 13.9. The quantitative estimate of drug-likeness (QED) is 0.759. The highest BCUT2D eigenvalue weighted by Gasteiger charge is 2.41. The van der Waals surface area contributed by atoms with E-state index in [2.05, 4.69) is 25.0 Å². The van der Waals surface area contributed by atoms with Gasteiger partial charge < -0.3 is 9.80 Å². The Morgan fingerprint density at radius 2 is 1.88 bits per heavy atom. The SMILES string of the molecule is O=c1ccc(N2CC3CN(c4nc5cnccc5s4)CC3C2)n[nH]1. The number of pyridine rings is 1. The molecule has 0 aliphatic carbocycles. The molecule has 2 atom stereocenters. The Kier molecular flexibility index (Phi) is 3.05. The van der Waals surface area contributed by atoms with E-state index in [1.54, 1.807) is 17.4 Å². The molecule has 24 heavy (non-hydrogen) atoms. The number of thiazole rings is 1. The Bertz CT molecular complexity index is 885. The van der Waals surface area contributed by atoms with E-state index < -0.39 is 0 Å². The summed E-state index contributed by atoms with van der Waals surface area (Å²) in [5, 5.41) is 7.77. The predicted octanol–water partition coefficient (Wildman–Crippen LogP) is 1.35. The number of nitrogens with zero attached hydrogens (tertiary/aromatic N) is 5. The van der Waals surface area contributed by atoms with Gasteiger partial charge in [0.25, 0.3) is 5.56 Å². The fourth-order valence-corrected chi connectivity index (χ4v) is 4.70. The van der Waals surface area contributed by atoms with Gasteiger partial charge in [0, 0.05) is 50.3 Å². The van der Waals surface area contributed by atoms with Gasteiger partial charge in [0.05, 0.1) is 10.9 Å². The van der Waals surface area contributed by atoms with Crippen LogP contribution in [0.25, 0.3) is 10.2 Å². The van der Waals surface area contributed by atoms with Crippen molar-refractivity contribution in [3.05, 3.63) is 40.9 Å². The summed E-state index contributed by atoms with van der Waals surface area (Å²) in [6, 6.07) is 5.37. The minimum absolute atomic E-state index is 0.158. The lowest BCUT2D eigenvalue weighted by molar-refractivity contribution is 0.533. The molecule has 5 heterocycles. The van der Waals surface area contributed by atoms with Gasteiger partial charge in [-0.3, -0.25) is 9.78 Å². The largest absolute Gasteiger partial charge is 0.354 e. The highest BCUT2D eigenvalue weighted by atomic mass is 32.1. The molecule has 0 spiro atoms. The number of rotatable bonds is 2. The maximum absolute atomic E-state index is 11.2. The zero-order valence-corrected chi connectivity index (χ0v) is 13.7. The monoisotopic (exact) mass is 340 g/mol. The number of aromatic nitrogens is 4. The number of anilines is 2. The number of aromatic amines is 1. The van der Waals surface area contributed by atoms with Crippen LogP contribution in [0, 0.1) is 11.8 Å². The zero-order chi connectivity index (χ0) is 16.1. The number of fused-ring (bicyclic) bond motifs is 2. The molecule has 5 rings (SSSR count). The van der Waals surface area contributed by atoms with Crippen molar-refractivity contribution in [1.29, 1.82) is 0 Å². The molecule has 1 N–H and O–H groups in total. The second kappa shape index (κ2) is 5.27. The topological polar surface area (TPSA) is 78.0 Å². The second-order valence-electron chi connectivity index (χ2n) is 6.45. The highest BCUT2D eigenvalue weighted by Crippen LogP contribution is 2.37. The van der Waals surface area contributed by atoms with Crippen LogP contribution in [0.4, 0.5) is 10.9 Å². The van der Waals surface area contributed by atoms with Gasteiger partial charge in [0.2, 0.25) is 0 Å². The van der Waals surface area contributed by atoms with Gasteiger partial charge in [0.1, 0.15) is 11.3 Å². The molecule has 3 aromatic rings. The maximum Gasteiger partial charge on any atom is 0.264 e. The summed E-state index contributed by atoms with van der Waals surface area (Å²) in [6.07, 6.45) is 3.65. The lowest BCUT2D eigenvalue weighted by Crippen LogP contribution is -2.29. The normalized spacial score (nSPS) is 23.2. The van der Waals surface area contributed by atoms with E-state index in [1.165, 1.54) is 10.8 Å². The van der Waals surface area contributed by atoms with E-state index in [0.29, 0.717) is 11.8 Å². The van der Waals surface area contributed by atoms with Crippen LogP contribution in [0.5, 0.6) is 0 Å². The lowest BCUT2D eigenvalue weighted by atomic mass is 10.0. The molecule has 8 heteroatoms. The molecule has 2 unspecified atom stereocenters. The average Bonchev–Trinajstić information content (AvgIpc) is 3.27. The van der Waals surface area contributed by atoms with Crippen LogP contribution in [0.2, 0.25) is 0 Å².